The van der Waals surface area contributed by atoms with Gasteiger partial charge >= 0.3 is 5.97 Å². The van der Waals surface area contributed by atoms with Gasteiger partial charge < -0.3 is 26.4 Å². The zero-order valence-electron chi connectivity index (χ0n) is 27.5. The highest BCUT2D eigenvalue weighted by Crippen LogP contribution is 2.29. The summed E-state index contributed by atoms with van der Waals surface area (Å²) in [6.45, 7) is 1.17. The van der Waals surface area contributed by atoms with Gasteiger partial charge in [-0.1, -0.05) is 86.0 Å². The summed E-state index contributed by atoms with van der Waals surface area (Å²) in [5, 5.41) is 16.4. The average Bonchev–Trinajstić information content (AvgIpc) is 3.11. The summed E-state index contributed by atoms with van der Waals surface area (Å²) in [5.41, 5.74) is 9.07. The van der Waals surface area contributed by atoms with Gasteiger partial charge in [0.25, 0.3) is 11.8 Å². The molecule has 0 bridgehead atoms. The van der Waals surface area contributed by atoms with E-state index in [9.17, 15) is 19.5 Å². The summed E-state index contributed by atoms with van der Waals surface area (Å²) < 4.78 is 0. The van der Waals surface area contributed by atoms with Crippen LogP contribution in [0.25, 0.3) is 0 Å². The van der Waals surface area contributed by atoms with Crippen LogP contribution >= 0.6 is 23.2 Å². The fourth-order valence-electron chi connectivity index (χ4n) is 6.75. The Balaban J connectivity index is 1.34. The minimum atomic E-state index is -1.18. The number of aliphatic carboxylic acids is 1. The molecule has 0 aliphatic heterocycles. The summed E-state index contributed by atoms with van der Waals surface area (Å²) in [7, 11) is 0. The van der Waals surface area contributed by atoms with Gasteiger partial charge in [0.2, 0.25) is 0 Å². The molecule has 260 valence electrons. The van der Waals surface area contributed by atoms with Crippen molar-refractivity contribution in [2.24, 2.45) is 22.6 Å². The number of carboxylic acids is 1. The number of amides is 2. The molecule has 49 heavy (non-hydrogen) atoms. The van der Waals surface area contributed by atoms with Gasteiger partial charge in [0.1, 0.15) is 0 Å². The van der Waals surface area contributed by atoms with E-state index in [0.717, 1.165) is 38.5 Å². The number of nitrogens with two attached hydrogens (primary N) is 1. The number of benzene rings is 2. The van der Waals surface area contributed by atoms with Crippen molar-refractivity contribution < 1.29 is 19.5 Å². The first kappa shape index (κ1) is 36.1. The number of rotatable bonds is 12. The Hall–Kier alpha value is -4.15. The van der Waals surface area contributed by atoms with Gasteiger partial charge in [-0.2, -0.15) is 0 Å². The van der Waals surface area contributed by atoms with Crippen LogP contribution in [0.15, 0.2) is 65.9 Å². The number of carbonyl (C=O) groups is 3. The third-order valence-corrected chi connectivity index (χ3v) is 10.0. The number of para-hydroxylation sites is 1. The number of anilines is 2. The largest absolute Gasteiger partial charge is 0.480 e. The second-order valence-corrected chi connectivity index (χ2v) is 13.8. The van der Waals surface area contributed by atoms with E-state index in [1.165, 1.54) is 38.1 Å². The van der Waals surface area contributed by atoms with Crippen molar-refractivity contribution in [3.63, 3.8) is 0 Å². The van der Waals surface area contributed by atoms with Crippen LogP contribution in [-0.2, 0) is 11.2 Å². The number of hydrogen-bond acceptors (Lipinski definition) is 5. The summed E-state index contributed by atoms with van der Waals surface area (Å²) in [4.78, 5) is 49.1. The topological polar surface area (TPSA) is 150 Å². The molecule has 1 atom stereocenters. The average molecular weight is 708 g/mol. The fourth-order valence-corrected chi connectivity index (χ4v) is 7.29. The van der Waals surface area contributed by atoms with Crippen molar-refractivity contribution in [3.05, 3.63) is 87.7 Å². The van der Waals surface area contributed by atoms with Crippen molar-refractivity contribution in [1.29, 1.82) is 0 Å². The number of hydrogen-bond donors (Lipinski definition) is 4. The molecule has 0 radical (unpaired) electrons. The first-order valence-corrected chi connectivity index (χ1v) is 17.8. The highest BCUT2D eigenvalue weighted by Gasteiger charge is 2.26. The van der Waals surface area contributed by atoms with E-state index in [4.69, 9.17) is 28.9 Å². The summed E-state index contributed by atoms with van der Waals surface area (Å²) in [6, 6.07) is 12.9. The molecule has 2 aliphatic rings. The molecular weight excluding hydrogens is 663 g/mol. The minimum Gasteiger partial charge on any atom is -0.480 e. The molecule has 2 aromatic carbocycles. The first-order chi connectivity index (χ1) is 23.7. The Kier molecular flexibility index (Phi) is 12.9. The maximum atomic E-state index is 13.6. The molecule has 5 rings (SSSR count). The highest BCUT2D eigenvalue weighted by molar-refractivity contribution is 6.40. The number of aliphatic imine (C=N–C) groups is 1. The monoisotopic (exact) mass is 706 g/mol. The number of carbonyl (C=O) groups excluding carboxylic acids is 2. The summed E-state index contributed by atoms with van der Waals surface area (Å²) in [5.74, 6) is -0.914. The third-order valence-electron chi connectivity index (χ3n) is 9.45. The Morgan fingerprint density at radius 3 is 2.12 bits per heavy atom. The number of aromatic nitrogens is 1. The SMILES string of the molecule is NC(=N[C@@H](Cc1ccc(NC(=O)c2c(Cl)cncc2Cl)cc1)C(=O)O)N(CC1CCCCC1)c1ccccc1C(=O)NCC1CCCCC1. The van der Waals surface area contributed by atoms with Gasteiger partial charge in [0, 0.05) is 37.6 Å². The van der Waals surface area contributed by atoms with Crippen LogP contribution in [-0.4, -0.2) is 53.0 Å². The van der Waals surface area contributed by atoms with Gasteiger partial charge in [0.15, 0.2) is 12.0 Å². The highest BCUT2D eigenvalue weighted by atomic mass is 35.5. The van der Waals surface area contributed by atoms with Crippen LogP contribution in [0, 0.1) is 11.8 Å². The quantitative estimate of drug-likeness (QED) is 0.114. The lowest BCUT2D eigenvalue weighted by atomic mass is 9.88. The van der Waals surface area contributed by atoms with Gasteiger partial charge in [-0.05, 0) is 67.3 Å². The molecule has 2 saturated carbocycles. The molecule has 1 heterocycles. The fraction of sp³-hybridized carbons (Fsp3) is 0.432. The van der Waals surface area contributed by atoms with E-state index in [2.05, 4.69) is 20.6 Å². The number of pyridine rings is 1. The number of carboxylic acid groups (broad SMARTS) is 1. The number of halogens is 2. The maximum absolute atomic E-state index is 13.6. The zero-order valence-corrected chi connectivity index (χ0v) is 29.1. The molecule has 2 fully saturated rings. The zero-order chi connectivity index (χ0) is 34.8. The Morgan fingerprint density at radius 2 is 1.49 bits per heavy atom. The lowest BCUT2D eigenvalue weighted by Crippen LogP contribution is -2.44. The Labute approximate surface area is 297 Å². The second kappa shape index (κ2) is 17.5. The van der Waals surface area contributed by atoms with E-state index in [1.807, 2.05) is 23.1 Å². The molecule has 5 N–H and O–H groups in total. The van der Waals surface area contributed by atoms with Crippen molar-refractivity contribution in [2.75, 3.05) is 23.3 Å². The number of guanidine groups is 1. The molecule has 2 aliphatic carbocycles. The molecule has 0 spiro atoms. The number of nitrogens with zero attached hydrogens (tertiary/aromatic N) is 3. The van der Waals surface area contributed by atoms with Crippen molar-refractivity contribution in [1.82, 2.24) is 10.3 Å². The predicted octanol–water partition coefficient (Wildman–Crippen LogP) is 7.35. The third kappa shape index (κ3) is 9.95. The predicted molar refractivity (Wildman–Crippen MR) is 195 cm³/mol. The molecule has 0 unspecified atom stereocenters. The molecule has 2 amide bonds. The van der Waals surface area contributed by atoms with E-state index in [-0.39, 0.29) is 33.9 Å². The van der Waals surface area contributed by atoms with Crippen LogP contribution in [0.5, 0.6) is 0 Å². The lowest BCUT2D eigenvalue weighted by molar-refractivity contribution is -0.138. The Morgan fingerprint density at radius 1 is 0.878 bits per heavy atom. The van der Waals surface area contributed by atoms with E-state index in [1.54, 1.807) is 30.3 Å². The summed E-state index contributed by atoms with van der Waals surface area (Å²) in [6.07, 6.45) is 14.1. The van der Waals surface area contributed by atoms with Gasteiger partial charge in [-0.15, -0.1) is 0 Å². The van der Waals surface area contributed by atoms with Crippen molar-refractivity contribution in [2.45, 2.75) is 76.7 Å². The lowest BCUT2D eigenvalue weighted by Gasteiger charge is -2.32. The first-order valence-electron chi connectivity index (χ1n) is 17.1. The van der Waals surface area contributed by atoms with Crippen LogP contribution in [0.2, 0.25) is 10.0 Å². The smallest absolute Gasteiger partial charge is 0.328 e. The van der Waals surface area contributed by atoms with Crippen molar-refractivity contribution in [3.8, 4) is 0 Å². The van der Waals surface area contributed by atoms with Crippen LogP contribution in [0.3, 0.4) is 0 Å². The van der Waals surface area contributed by atoms with Crippen LogP contribution < -0.4 is 21.3 Å². The van der Waals surface area contributed by atoms with Gasteiger partial charge in [-0.25, -0.2) is 9.79 Å². The summed E-state index contributed by atoms with van der Waals surface area (Å²) >= 11 is 12.2. The number of nitrogens with one attached hydrogen (secondary N) is 2. The molecule has 1 aromatic heterocycles. The normalized spacial score (nSPS) is 16.5. The van der Waals surface area contributed by atoms with Gasteiger partial charge in [-0.3, -0.25) is 14.6 Å². The van der Waals surface area contributed by atoms with Crippen LogP contribution in [0.4, 0.5) is 11.4 Å². The molecule has 12 heteroatoms. The second-order valence-electron chi connectivity index (χ2n) is 13.0. The van der Waals surface area contributed by atoms with Crippen molar-refractivity contribution >= 4 is 58.3 Å². The minimum absolute atomic E-state index is 0.0560. The Bertz CT molecular complexity index is 1620. The standard InChI is InChI=1S/C37H44Cl2N6O4/c38-29-21-41-22-30(39)33(29)35(47)43-27-17-15-24(16-18-27)19-31(36(48)49)44-37(40)45(23-26-11-5-2-6-12-26)32-14-8-7-13-28(32)34(46)42-20-25-9-3-1-4-10-25/h7-8,13-18,21-22,25-26,31H,1-6,9-12,19-20,23H2,(H2,40,44)(H,42,46)(H,43,47)(H,48,49)/t31-/m0/s1. The molecule has 3 aromatic rings. The van der Waals surface area contributed by atoms with E-state index >= 15 is 0 Å². The molecular formula is C37H44Cl2N6O4. The maximum Gasteiger partial charge on any atom is 0.328 e. The van der Waals surface area contributed by atoms with E-state index in [0.29, 0.717) is 47.4 Å². The molecule has 0 saturated heterocycles. The van der Waals surface area contributed by atoms with E-state index < -0.39 is 17.9 Å². The molecule has 10 nitrogen and oxygen atoms in total. The van der Waals surface area contributed by atoms with Gasteiger partial charge in [0.05, 0.1) is 26.9 Å². The van der Waals surface area contributed by atoms with Crippen LogP contribution in [0.1, 0.15) is 90.5 Å².